The Labute approximate surface area is 100 Å². The summed E-state index contributed by atoms with van der Waals surface area (Å²) in [5.74, 6) is -0.853. The van der Waals surface area contributed by atoms with E-state index in [1.807, 2.05) is 0 Å². The van der Waals surface area contributed by atoms with Crippen molar-refractivity contribution in [2.24, 2.45) is 5.41 Å². The molecular formula is C12H17NO4. The lowest BCUT2D eigenvalue weighted by Gasteiger charge is -2.16. The zero-order chi connectivity index (χ0) is 13.2. The molecule has 0 spiro atoms. The molecule has 1 aliphatic heterocycles. The van der Waals surface area contributed by atoms with Gasteiger partial charge in [-0.15, -0.1) is 0 Å². The van der Waals surface area contributed by atoms with Gasteiger partial charge in [-0.05, 0) is 6.92 Å². The van der Waals surface area contributed by atoms with E-state index in [4.69, 9.17) is 0 Å². The zero-order valence-corrected chi connectivity index (χ0v) is 10.6. The lowest BCUT2D eigenvalue weighted by Crippen LogP contribution is -2.33. The van der Waals surface area contributed by atoms with Crippen LogP contribution in [0.4, 0.5) is 0 Å². The molecule has 0 aromatic carbocycles. The van der Waals surface area contributed by atoms with Crippen LogP contribution >= 0.6 is 0 Å². The number of nitrogens with zero attached hydrogens (tertiary/aromatic N) is 1. The van der Waals surface area contributed by atoms with Crippen molar-refractivity contribution in [3.8, 4) is 0 Å². The molecule has 0 saturated carbocycles. The van der Waals surface area contributed by atoms with Crippen LogP contribution in [0.1, 0.15) is 27.2 Å². The van der Waals surface area contributed by atoms with E-state index in [-0.39, 0.29) is 24.8 Å². The van der Waals surface area contributed by atoms with Crippen molar-refractivity contribution in [2.75, 3.05) is 13.7 Å². The largest absolute Gasteiger partial charge is 0.466 e. The van der Waals surface area contributed by atoms with Crippen molar-refractivity contribution in [1.82, 2.24) is 4.90 Å². The first-order valence-corrected chi connectivity index (χ1v) is 5.39. The van der Waals surface area contributed by atoms with Gasteiger partial charge in [-0.3, -0.25) is 14.5 Å². The smallest absolute Gasteiger partial charge is 0.333 e. The molecular weight excluding hydrogens is 222 g/mol. The molecule has 2 amide bonds. The van der Waals surface area contributed by atoms with Gasteiger partial charge < -0.3 is 4.74 Å². The molecule has 1 aliphatic rings. The number of ether oxygens (including phenoxy) is 1. The van der Waals surface area contributed by atoms with Crippen molar-refractivity contribution < 1.29 is 19.1 Å². The molecule has 5 nitrogen and oxygen atoms in total. The Hall–Kier alpha value is -1.65. The molecule has 0 bridgehead atoms. The maximum Gasteiger partial charge on any atom is 0.333 e. The third-order valence-corrected chi connectivity index (χ3v) is 2.81. The third-order valence-electron chi connectivity index (χ3n) is 2.81. The van der Waals surface area contributed by atoms with E-state index >= 15 is 0 Å². The Morgan fingerprint density at radius 3 is 2.47 bits per heavy atom. The van der Waals surface area contributed by atoms with Crippen molar-refractivity contribution >= 4 is 17.8 Å². The lowest BCUT2D eigenvalue weighted by molar-refractivity contribution is -0.140. The summed E-state index contributed by atoms with van der Waals surface area (Å²) in [7, 11) is 1.29. The van der Waals surface area contributed by atoms with Gasteiger partial charge in [0.25, 0.3) is 0 Å². The molecule has 0 radical (unpaired) electrons. The maximum atomic E-state index is 11.8. The van der Waals surface area contributed by atoms with Crippen LogP contribution in [0.25, 0.3) is 0 Å². The van der Waals surface area contributed by atoms with E-state index in [9.17, 15) is 14.4 Å². The van der Waals surface area contributed by atoms with Crippen LogP contribution in [-0.2, 0) is 19.1 Å². The minimum atomic E-state index is -0.635. The Kier molecular flexibility index (Phi) is 3.70. The van der Waals surface area contributed by atoms with Crippen LogP contribution in [0.2, 0.25) is 0 Å². The average Bonchev–Trinajstić information content (AvgIpc) is 2.45. The summed E-state index contributed by atoms with van der Waals surface area (Å²) >= 11 is 0. The quantitative estimate of drug-likeness (QED) is 0.417. The van der Waals surface area contributed by atoms with Crippen LogP contribution in [0.15, 0.2) is 11.6 Å². The molecule has 0 aromatic rings. The van der Waals surface area contributed by atoms with Crippen LogP contribution in [0.3, 0.4) is 0 Å². The minimum Gasteiger partial charge on any atom is -0.466 e. The van der Waals surface area contributed by atoms with E-state index in [1.54, 1.807) is 20.8 Å². The number of imide groups is 1. The fraction of sp³-hybridized carbons (Fsp3) is 0.583. The summed E-state index contributed by atoms with van der Waals surface area (Å²) in [5.41, 5.74) is -0.248. The second-order valence-corrected chi connectivity index (χ2v) is 4.75. The molecule has 0 atom stereocenters. The summed E-state index contributed by atoms with van der Waals surface area (Å²) < 4.78 is 4.53. The molecule has 0 N–H and O–H groups in total. The number of carbonyl (C=O) groups is 3. The van der Waals surface area contributed by atoms with E-state index in [0.717, 1.165) is 0 Å². The van der Waals surface area contributed by atoms with Gasteiger partial charge >= 0.3 is 5.97 Å². The van der Waals surface area contributed by atoms with E-state index in [2.05, 4.69) is 4.74 Å². The minimum absolute atomic E-state index is 0.127. The van der Waals surface area contributed by atoms with Gasteiger partial charge in [-0.2, -0.15) is 0 Å². The first-order chi connectivity index (χ1) is 7.79. The van der Waals surface area contributed by atoms with Gasteiger partial charge in [0.05, 0.1) is 12.5 Å². The molecule has 1 rings (SSSR count). The second kappa shape index (κ2) is 4.69. The van der Waals surface area contributed by atoms with Crippen molar-refractivity contribution in [3.05, 3.63) is 11.6 Å². The number of carbonyl (C=O) groups excluding carboxylic acids is 3. The second-order valence-electron chi connectivity index (χ2n) is 4.75. The fourth-order valence-corrected chi connectivity index (χ4v) is 1.68. The van der Waals surface area contributed by atoms with Gasteiger partial charge in [0.1, 0.15) is 0 Å². The predicted octanol–water partition coefficient (Wildman–Crippen LogP) is 0.891. The van der Waals surface area contributed by atoms with Crippen LogP contribution < -0.4 is 0 Å². The highest BCUT2D eigenvalue weighted by Crippen LogP contribution is 2.31. The van der Waals surface area contributed by atoms with E-state index in [0.29, 0.717) is 5.57 Å². The zero-order valence-electron chi connectivity index (χ0n) is 10.6. The molecule has 5 heteroatoms. The average molecular weight is 239 g/mol. The lowest BCUT2D eigenvalue weighted by atomic mass is 9.92. The van der Waals surface area contributed by atoms with Crippen LogP contribution in [0, 0.1) is 5.41 Å². The van der Waals surface area contributed by atoms with Crippen LogP contribution in [0.5, 0.6) is 0 Å². The molecule has 94 valence electrons. The summed E-state index contributed by atoms with van der Waals surface area (Å²) in [6.07, 6.45) is 1.75. The number of esters is 1. The number of methoxy groups -OCH3 is 1. The summed E-state index contributed by atoms with van der Waals surface area (Å²) in [6, 6.07) is 0. The molecule has 17 heavy (non-hydrogen) atoms. The number of rotatable bonds is 3. The Morgan fingerprint density at radius 2 is 2.06 bits per heavy atom. The van der Waals surface area contributed by atoms with Gasteiger partial charge in [-0.1, -0.05) is 19.9 Å². The topological polar surface area (TPSA) is 63.7 Å². The van der Waals surface area contributed by atoms with Crippen molar-refractivity contribution in [1.29, 1.82) is 0 Å². The Bertz CT molecular complexity index is 395. The third kappa shape index (κ3) is 2.72. The fourth-order valence-electron chi connectivity index (χ4n) is 1.68. The van der Waals surface area contributed by atoms with E-state index < -0.39 is 11.4 Å². The molecule has 0 unspecified atom stereocenters. The highest BCUT2D eigenvalue weighted by molar-refractivity contribution is 6.05. The normalized spacial score (nSPS) is 19.8. The monoisotopic (exact) mass is 239 g/mol. The number of likely N-dealkylation sites (tertiary alicyclic amines) is 1. The van der Waals surface area contributed by atoms with Gasteiger partial charge in [-0.25, -0.2) is 4.79 Å². The van der Waals surface area contributed by atoms with Crippen molar-refractivity contribution in [2.45, 2.75) is 27.2 Å². The SMILES string of the molecule is COC(=O)C(C)=CCN1C(=O)CC(C)(C)C1=O. The van der Waals surface area contributed by atoms with Gasteiger partial charge in [0.15, 0.2) is 0 Å². The first kappa shape index (κ1) is 13.4. The predicted molar refractivity (Wildman–Crippen MR) is 60.9 cm³/mol. The first-order valence-electron chi connectivity index (χ1n) is 5.39. The maximum absolute atomic E-state index is 11.8. The van der Waals surface area contributed by atoms with Crippen molar-refractivity contribution in [3.63, 3.8) is 0 Å². The highest BCUT2D eigenvalue weighted by atomic mass is 16.5. The van der Waals surface area contributed by atoms with Crippen LogP contribution in [-0.4, -0.2) is 36.3 Å². The Morgan fingerprint density at radius 1 is 1.47 bits per heavy atom. The highest BCUT2D eigenvalue weighted by Gasteiger charge is 2.44. The van der Waals surface area contributed by atoms with Gasteiger partial charge in [0, 0.05) is 18.5 Å². The standard InChI is InChI=1S/C12H17NO4/c1-8(10(15)17-4)5-6-13-9(14)7-12(2,3)11(13)16/h5H,6-7H2,1-4H3. The number of amides is 2. The molecule has 1 saturated heterocycles. The molecule has 1 heterocycles. The molecule has 0 aromatic heterocycles. The Balaban J connectivity index is 2.74. The van der Waals surface area contributed by atoms with E-state index in [1.165, 1.54) is 18.1 Å². The number of hydrogen-bond acceptors (Lipinski definition) is 4. The molecule has 1 fully saturated rings. The van der Waals surface area contributed by atoms with Gasteiger partial charge in [0.2, 0.25) is 11.8 Å². The number of hydrogen-bond donors (Lipinski definition) is 0. The summed E-state index contributed by atoms with van der Waals surface area (Å²) in [6.45, 7) is 5.19. The summed E-state index contributed by atoms with van der Waals surface area (Å²) in [4.78, 5) is 35.8. The molecule has 0 aliphatic carbocycles. The summed E-state index contributed by atoms with van der Waals surface area (Å²) in [5, 5.41) is 0.